The molecule has 1 aliphatic rings. The molecule has 2 rings (SSSR count). The third-order valence-corrected chi connectivity index (χ3v) is 4.39. The van der Waals surface area contributed by atoms with E-state index in [0.29, 0.717) is 11.3 Å². The first-order chi connectivity index (χ1) is 8.71. The van der Waals surface area contributed by atoms with E-state index in [2.05, 4.69) is 0 Å². The normalized spacial score (nSPS) is 24.0. The lowest BCUT2D eigenvalue weighted by Crippen LogP contribution is -2.49. The number of rotatable bonds is 2. The molecule has 0 spiro atoms. The van der Waals surface area contributed by atoms with Crippen LogP contribution < -0.4 is 9.47 Å². The molecule has 0 aromatic heterocycles. The summed E-state index contributed by atoms with van der Waals surface area (Å²) >= 11 is 0. The second-order valence-electron chi connectivity index (χ2n) is 5.74. The molecule has 1 heterocycles. The molecule has 106 valence electrons. The SMILES string of the molecule is COc1c(C)c(C)c2c(c1C)C(O)(CO)C(C)(C)O2. The number of ether oxygens (including phenoxy) is 2. The average molecular weight is 266 g/mol. The lowest BCUT2D eigenvalue weighted by molar-refractivity contribution is -0.123. The molecular formula is C15H22O4. The van der Waals surface area contributed by atoms with Crippen LogP contribution in [0.25, 0.3) is 0 Å². The van der Waals surface area contributed by atoms with E-state index in [4.69, 9.17) is 9.47 Å². The van der Waals surface area contributed by atoms with Gasteiger partial charge in [-0.25, -0.2) is 0 Å². The number of aliphatic hydroxyl groups excluding tert-OH is 1. The predicted molar refractivity (Wildman–Crippen MR) is 72.9 cm³/mol. The Morgan fingerprint density at radius 2 is 1.68 bits per heavy atom. The third-order valence-electron chi connectivity index (χ3n) is 4.39. The molecule has 1 aromatic rings. The second-order valence-corrected chi connectivity index (χ2v) is 5.74. The van der Waals surface area contributed by atoms with Gasteiger partial charge in [-0.3, -0.25) is 0 Å². The van der Waals surface area contributed by atoms with Gasteiger partial charge in [-0.05, 0) is 45.7 Å². The molecule has 4 nitrogen and oxygen atoms in total. The predicted octanol–water partition coefficient (Wildman–Crippen LogP) is 1.97. The van der Waals surface area contributed by atoms with Crippen molar-refractivity contribution in [1.82, 2.24) is 0 Å². The Hall–Kier alpha value is -1.26. The molecule has 0 saturated carbocycles. The highest BCUT2D eigenvalue weighted by Gasteiger charge is 2.55. The Labute approximate surface area is 114 Å². The van der Waals surface area contributed by atoms with E-state index in [1.807, 2.05) is 20.8 Å². The van der Waals surface area contributed by atoms with Gasteiger partial charge in [-0.2, -0.15) is 0 Å². The van der Waals surface area contributed by atoms with Gasteiger partial charge in [0.2, 0.25) is 0 Å². The van der Waals surface area contributed by atoms with Crippen molar-refractivity contribution in [1.29, 1.82) is 0 Å². The van der Waals surface area contributed by atoms with Crippen molar-refractivity contribution in [3.63, 3.8) is 0 Å². The van der Waals surface area contributed by atoms with E-state index in [9.17, 15) is 10.2 Å². The third kappa shape index (κ3) is 1.60. The van der Waals surface area contributed by atoms with E-state index >= 15 is 0 Å². The van der Waals surface area contributed by atoms with Crippen LogP contribution in [0.5, 0.6) is 11.5 Å². The van der Waals surface area contributed by atoms with E-state index in [-0.39, 0.29) is 6.61 Å². The topological polar surface area (TPSA) is 58.9 Å². The smallest absolute Gasteiger partial charge is 0.155 e. The number of hydrogen-bond acceptors (Lipinski definition) is 4. The Morgan fingerprint density at radius 1 is 1.11 bits per heavy atom. The maximum absolute atomic E-state index is 10.9. The van der Waals surface area contributed by atoms with Gasteiger partial charge in [0.25, 0.3) is 0 Å². The number of fused-ring (bicyclic) bond motifs is 1. The lowest BCUT2D eigenvalue weighted by Gasteiger charge is -2.34. The van der Waals surface area contributed by atoms with Crippen molar-refractivity contribution in [3.05, 3.63) is 22.3 Å². The molecule has 19 heavy (non-hydrogen) atoms. The van der Waals surface area contributed by atoms with E-state index in [1.165, 1.54) is 0 Å². The minimum Gasteiger partial charge on any atom is -0.496 e. The number of benzene rings is 1. The molecule has 0 saturated heterocycles. The first-order valence-corrected chi connectivity index (χ1v) is 6.41. The quantitative estimate of drug-likeness (QED) is 0.859. The Morgan fingerprint density at radius 3 is 2.16 bits per heavy atom. The zero-order chi connectivity index (χ0) is 14.6. The first-order valence-electron chi connectivity index (χ1n) is 6.41. The van der Waals surface area contributed by atoms with Crippen LogP contribution in [0.3, 0.4) is 0 Å². The fourth-order valence-electron chi connectivity index (χ4n) is 2.93. The van der Waals surface area contributed by atoms with Gasteiger partial charge in [0.15, 0.2) is 5.60 Å². The van der Waals surface area contributed by atoms with Crippen molar-refractivity contribution in [2.24, 2.45) is 0 Å². The van der Waals surface area contributed by atoms with Crippen molar-refractivity contribution >= 4 is 0 Å². The molecule has 1 aliphatic heterocycles. The van der Waals surface area contributed by atoms with Crippen LogP contribution in [-0.4, -0.2) is 29.5 Å². The number of aliphatic hydroxyl groups is 2. The van der Waals surface area contributed by atoms with Crippen LogP contribution in [0, 0.1) is 20.8 Å². The number of hydrogen-bond donors (Lipinski definition) is 2. The fourth-order valence-corrected chi connectivity index (χ4v) is 2.93. The summed E-state index contributed by atoms with van der Waals surface area (Å²) in [5, 5.41) is 20.6. The summed E-state index contributed by atoms with van der Waals surface area (Å²) in [6.07, 6.45) is 0. The Balaban J connectivity index is 2.85. The highest BCUT2D eigenvalue weighted by molar-refractivity contribution is 5.62. The van der Waals surface area contributed by atoms with E-state index < -0.39 is 11.2 Å². The molecule has 2 N–H and O–H groups in total. The van der Waals surface area contributed by atoms with E-state index in [1.54, 1.807) is 21.0 Å². The van der Waals surface area contributed by atoms with Gasteiger partial charge in [0.1, 0.15) is 17.1 Å². The van der Waals surface area contributed by atoms with Crippen LogP contribution in [0.2, 0.25) is 0 Å². The summed E-state index contributed by atoms with van der Waals surface area (Å²) in [6, 6.07) is 0. The molecule has 0 fully saturated rings. The van der Waals surface area contributed by atoms with Gasteiger partial charge in [0.05, 0.1) is 13.7 Å². The van der Waals surface area contributed by atoms with Gasteiger partial charge in [-0.15, -0.1) is 0 Å². The van der Waals surface area contributed by atoms with Gasteiger partial charge >= 0.3 is 0 Å². The van der Waals surface area contributed by atoms with Crippen LogP contribution in [0.1, 0.15) is 36.1 Å². The van der Waals surface area contributed by atoms with Crippen molar-refractivity contribution in [2.45, 2.75) is 45.8 Å². The molecule has 1 atom stereocenters. The molecular weight excluding hydrogens is 244 g/mol. The maximum atomic E-state index is 10.9. The van der Waals surface area contributed by atoms with Gasteiger partial charge in [-0.1, -0.05) is 0 Å². The summed E-state index contributed by atoms with van der Waals surface area (Å²) in [7, 11) is 1.61. The van der Waals surface area contributed by atoms with Crippen LogP contribution in [0.15, 0.2) is 0 Å². The molecule has 0 radical (unpaired) electrons. The van der Waals surface area contributed by atoms with E-state index in [0.717, 1.165) is 22.4 Å². The fraction of sp³-hybridized carbons (Fsp3) is 0.600. The summed E-state index contributed by atoms with van der Waals surface area (Å²) < 4.78 is 11.4. The van der Waals surface area contributed by atoms with Gasteiger partial charge in [0, 0.05) is 11.1 Å². The standard InChI is InChI=1S/C15H22O4/c1-8-9(2)13-11(10(3)12(8)18-6)15(17,7-16)14(4,5)19-13/h16-17H,7H2,1-6H3. The summed E-state index contributed by atoms with van der Waals surface area (Å²) in [5.74, 6) is 1.40. The first kappa shape index (κ1) is 14.2. The average Bonchev–Trinajstić information content (AvgIpc) is 2.56. The monoisotopic (exact) mass is 266 g/mol. The largest absolute Gasteiger partial charge is 0.496 e. The molecule has 1 aromatic carbocycles. The van der Waals surface area contributed by atoms with Gasteiger partial charge < -0.3 is 19.7 Å². The minimum atomic E-state index is -1.42. The zero-order valence-electron chi connectivity index (χ0n) is 12.4. The summed E-state index contributed by atoms with van der Waals surface area (Å²) in [4.78, 5) is 0. The molecule has 0 aliphatic carbocycles. The van der Waals surface area contributed by atoms with Crippen LogP contribution in [0.4, 0.5) is 0 Å². The summed E-state index contributed by atoms with van der Waals surface area (Å²) in [6.45, 7) is 8.96. The zero-order valence-corrected chi connectivity index (χ0v) is 12.4. The Kier molecular flexibility index (Phi) is 3.07. The summed E-state index contributed by atoms with van der Waals surface area (Å²) in [5.41, 5.74) is 1.10. The van der Waals surface area contributed by atoms with Crippen molar-refractivity contribution in [2.75, 3.05) is 13.7 Å². The lowest BCUT2D eigenvalue weighted by atomic mass is 9.79. The number of methoxy groups -OCH3 is 1. The van der Waals surface area contributed by atoms with Crippen LogP contribution in [-0.2, 0) is 5.60 Å². The molecule has 1 unspecified atom stereocenters. The van der Waals surface area contributed by atoms with Crippen molar-refractivity contribution in [3.8, 4) is 11.5 Å². The van der Waals surface area contributed by atoms with Crippen LogP contribution >= 0.6 is 0 Å². The Bertz CT molecular complexity index is 534. The second kappa shape index (κ2) is 4.12. The maximum Gasteiger partial charge on any atom is 0.155 e. The highest BCUT2D eigenvalue weighted by Crippen LogP contribution is 2.53. The molecule has 0 bridgehead atoms. The van der Waals surface area contributed by atoms with Crippen molar-refractivity contribution < 1.29 is 19.7 Å². The highest BCUT2D eigenvalue weighted by atomic mass is 16.5. The molecule has 0 amide bonds. The molecule has 4 heteroatoms. The minimum absolute atomic E-state index is 0.389.